The van der Waals surface area contributed by atoms with Crippen LogP contribution in [-0.2, 0) is 4.74 Å². The average molecular weight is 496 g/mol. The molecule has 150 valence electrons. The van der Waals surface area contributed by atoms with Crippen molar-refractivity contribution in [2.24, 2.45) is 0 Å². The lowest BCUT2D eigenvalue weighted by molar-refractivity contribution is 0.0507. The van der Waals surface area contributed by atoms with Crippen LogP contribution in [0.4, 0.5) is 16.3 Å². The van der Waals surface area contributed by atoms with Gasteiger partial charge in [-0.15, -0.1) is 0 Å². The van der Waals surface area contributed by atoms with Crippen LogP contribution in [0.25, 0.3) is 0 Å². The zero-order chi connectivity index (χ0) is 20.1. The highest BCUT2D eigenvalue weighted by Crippen LogP contribution is 2.24. The Balaban J connectivity index is 1.56. The number of piperidine rings is 1. The normalized spacial score (nSPS) is 14.8. The largest absolute Gasteiger partial charge is 0.474 e. The van der Waals surface area contributed by atoms with E-state index >= 15 is 0 Å². The maximum Gasteiger partial charge on any atom is 0.410 e. The molecule has 0 spiro atoms. The van der Waals surface area contributed by atoms with E-state index in [9.17, 15) is 4.79 Å². The van der Waals surface area contributed by atoms with Gasteiger partial charge in [-0.1, -0.05) is 0 Å². The van der Waals surface area contributed by atoms with E-state index in [1.807, 2.05) is 26.0 Å². The maximum atomic E-state index is 12.0. The van der Waals surface area contributed by atoms with Gasteiger partial charge in [0, 0.05) is 41.3 Å². The summed E-state index contributed by atoms with van der Waals surface area (Å²) < 4.78 is 12.5. The minimum atomic E-state index is -0.255. The van der Waals surface area contributed by atoms with Crippen LogP contribution in [0, 0.1) is 10.5 Å². The molecular weight excluding hydrogens is 471 g/mol. The van der Waals surface area contributed by atoms with Gasteiger partial charge in [0.2, 0.25) is 5.88 Å². The third kappa shape index (κ3) is 5.70. The Labute approximate surface area is 179 Å². The van der Waals surface area contributed by atoms with Crippen molar-refractivity contribution in [1.29, 1.82) is 0 Å². The Hall–Kier alpha value is -2.10. The first kappa shape index (κ1) is 20.6. The fourth-order valence-corrected chi connectivity index (χ4v) is 3.63. The predicted molar refractivity (Wildman–Crippen MR) is 116 cm³/mol. The van der Waals surface area contributed by atoms with E-state index in [4.69, 9.17) is 9.47 Å². The van der Waals surface area contributed by atoms with Crippen LogP contribution >= 0.6 is 22.6 Å². The van der Waals surface area contributed by atoms with E-state index in [1.165, 1.54) is 9.90 Å². The predicted octanol–water partition coefficient (Wildman–Crippen LogP) is 4.52. The van der Waals surface area contributed by atoms with Crippen LogP contribution in [0.2, 0.25) is 0 Å². The number of ether oxygens (including phenoxy) is 2. The number of aromatic nitrogens is 2. The molecular formula is C20H25IN4O3. The van der Waals surface area contributed by atoms with Gasteiger partial charge in [-0.25, -0.2) is 14.8 Å². The molecule has 0 bridgehead atoms. The highest BCUT2D eigenvalue weighted by Gasteiger charge is 2.25. The second-order valence-corrected chi connectivity index (χ2v) is 8.31. The van der Waals surface area contributed by atoms with Gasteiger partial charge in [0.05, 0.1) is 6.10 Å². The Bertz CT molecular complexity index is 823. The number of anilines is 2. The fourth-order valence-electron chi connectivity index (χ4n) is 2.98. The molecule has 0 aliphatic carbocycles. The van der Waals surface area contributed by atoms with Crippen molar-refractivity contribution in [2.45, 2.75) is 45.8 Å². The molecule has 1 N–H and O–H groups in total. The zero-order valence-corrected chi connectivity index (χ0v) is 18.5. The molecule has 1 aromatic carbocycles. The second kappa shape index (κ2) is 9.40. The summed E-state index contributed by atoms with van der Waals surface area (Å²) in [6, 6.07) is 7.99. The Morgan fingerprint density at radius 2 is 2.00 bits per heavy atom. The van der Waals surface area contributed by atoms with Crippen LogP contribution in [0.1, 0.15) is 32.3 Å². The van der Waals surface area contributed by atoms with E-state index in [1.54, 1.807) is 11.0 Å². The topological polar surface area (TPSA) is 76.6 Å². The van der Waals surface area contributed by atoms with Crippen molar-refractivity contribution in [3.05, 3.63) is 39.7 Å². The molecule has 1 aromatic heterocycles. The molecule has 28 heavy (non-hydrogen) atoms. The zero-order valence-electron chi connectivity index (χ0n) is 16.3. The smallest absolute Gasteiger partial charge is 0.410 e. The van der Waals surface area contributed by atoms with E-state index in [0.29, 0.717) is 24.8 Å². The van der Waals surface area contributed by atoms with Crippen LogP contribution in [-0.4, -0.2) is 46.3 Å². The average Bonchev–Trinajstić information content (AvgIpc) is 2.64. The molecule has 8 heteroatoms. The van der Waals surface area contributed by atoms with Gasteiger partial charge in [0.15, 0.2) is 0 Å². The summed E-state index contributed by atoms with van der Waals surface area (Å²) in [4.78, 5) is 22.2. The van der Waals surface area contributed by atoms with Gasteiger partial charge < -0.3 is 19.7 Å². The summed E-state index contributed by atoms with van der Waals surface area (Å²) in [7, 11) is 0. The van der Waals surface area contributed by atoms with Gasteiger partial charge in [0.25, 0.3) is 0 Å². The number of nitrogens with one attached hydrogen (secondary N) is 1. The van der Waals surface area contributed by atoms with Crippen LogP contribution in [0.5, 0.6) is 5.88 Å². The van der Waals surface area contributed by atoms with Gasteiger partial charge in [-0.2, -0.15) is 0 Å². The number of halogens is 1. The van der Waals surface area contributed by atoms with Crippen molar-refractivity contribution in [3.63, 3.8) is 0 Å². The Morgan fingerprint density at radius 1 is 1.25 bits per heavy atom. The molecule has 0 saturated carbocycles. The highest BCUT2D eigenvalue weighted by molar-refractivity contribution is 14.1. The van der Waals surface area contributed by atoms with E-state index in [-0.39, 0.29) is 18.3 Å². The Kier molecular flexibility index (Phi) is 6.93. The summed E-state index contributed by atoms with van der Waals surface area (Å²) in [6.45, 7) is 7.00. The first-order chi connectivity index (χ1) is 13.4. The standard InChI is InChI=1S/C20H25IN4O3/c1-13(2)27-20(26)25-8-6-16(7-9-25)28-19-11-18(22-12-23-19)24-17-5-4-15(21)10-14(17)3/h4-5,10-13,16H,6-9H2,1-3H3,(H,22,23,24). The minimum Gasteiger partial charge on any atom is -0.474 e. The summed E-state index contributed by atoms with van der Waals surface area (Å²) in [5.74, 6) is 1.22. The lowest BCUT2D eigenvalue weighted by Crippen LogP contribution is -2.42. The number of rotatable bonds is 5. The molecule has 0 radical (unpaired) electrons. The van der Waals surface area contributed by atoms with Gasteiger partial charge in [-0.05, 0) is 67.1 Å². The number of nitrogens with zero attached hydrogens (tertiary/aromatic N) is 3. The maximum absolute atomic E-state index is 12.0. The summed E-state index contributed by atoms with van der Waals surface area (Å²) in [5.41, 5.74) is 2.15. The lowest BCUT2D eigenvalue weighted by atomic mass is 10.1. The second-order valence-electron chi connectivity index (χ2n) is 7.06. The SMILES string of the molecule is Cc1cc(I)ccc1Nc1cc(OC2CCN(C(=O)OC(C)C)CC2)ncn1. The van der Waals surface area contributed by atoms with Gasteiger partial charge in [-0.3, -0.25) is 0 Å². The summed E-state index contributed by atoms with van der Waals surface area (Å²) in [6.07, 6.45) is 2.65. The third-order valence-electron chi connectivity index (χ3n) is 4.42. The molecule has 2 aromatic rings. The van der Waals surface area contributed by atoms with E-state index < -0.39 is 0 Å². The molecule has 1 fully saturated rings. The molecule has 1 saturated heterocycles. The lowest BCUT2D eigenvalue weighted by Gasteiger charge is -2.31. The Morgan fingerprint density at radius 3 is 2.68 bits per heavy atom. The van der Waals surface area contributed by atoms with Crippen molar-refractivity contribution in [2.75, 3.05) is 18.4 Å². The van der Waals surface area contributed by atoms with E-state index in [0.717, 1.165) is 24.1 Å². The molecule has 2 heterocycles. The molecule has 1 aliphatic rings. The van der Waals surface area contributed by atoms with Crippen LogP contribution < -0.4 is 10.1 Å². The quantitative estimate of drug-likeness (QED) is 0.614. The number of aryl methyl sites for hydroxylation is 1. The minimum absolute atomic E-state index is 0.0193. The van der Waals surface area contributed by atoms with Gasteiger partial charge >= 0.3 is 6.09 Å². The highest BCUT2D eigenvalue weighted by atomic mass is 127. The van der Waals surface area contributed by atoms with Gasteiger partial charge in [0.1, 0.15) is 18.2 Å². The molecule has 1 amide bonds. The number of benzene rings is 1. The third-order valence-corrected chi connectivity index (χ3v) is 5.09. The number of hydrogen-bond donors (Lipinski definition) is 1. The molecule has 1 aliphatic heterocycles. The molecule has 0 atom stereocenters. The fraction of sp³-hybridized carbons (Fsp3) is 0.450. The van der Waals surface area contributed by atoms with Crippen molar-refractivity contribution < 1.29 is 14.3 Å². The summed E-state index contributed by atoms with van der Waals surface area (Å²) in [5, 5.41) is 3.31. The summed E-state index contributed by atoms with van der Waals surface area (Å²) >= 11 is 2.29. The number of carbonyl (C=O) groups is 1. The van der Waals surface area contributed by atoms with Crippen LogP contribution in [0.15, 0.2) is 30.6 Å². The molecule has 3 rings (SSSR count). The first-order valence-corrected chi connectivity index (χ1v) is 10.5. The van der Waals surface area contributed by atoms with Crippen LogP contribution in [0.3, 0.4) is 0 Å². The van der Waals surface area contributed by atoms with Crippen molar-refractivity contribution in [1.82, 2.24) is 14.9 Å². The van der Waals surface area contributed by atoms with Crippen molar-refractivity contribution >= 4 is 40.2 Å². The number of amides is 1. The number of hydrogen-bond acceptors (Lipinski definition) is 6. The van der Waals surface area contributed by atoms with Crippen molar-refractivity contribution in [3.8, 4) is 5.88 Å². The molecule has 0 unspecified atom stereocenters. The first-order valence-electron chi connectivity index (χ1n) is 9.38. The molecule has 7 nitrogen and oxygen atoms in total. The van der Waals surface area contributed by atoms with E-state index in [2.05, 4.69) is 50.9 Å². The number of likely N-dealkylation sites (tertiary alicyclic amines) is 1. The monoisotopic (exact) mass is 496 g/mol. The number of carbonyl (C=O) groups excluding carboxylic acids is 1.